The molecule has 0 saturated heterocycles. The standard InChI is InChI=1S/C24H27NO/c1-19-8-12-21(13-9-19)24(18-25,22-14-10-20(2)11-15-22)16-17-26-23-6-4-3-5-7-23/h3-15H,16-18,25H2,1-2H3. The second-order valence-electron chi connectivity index (χ2n) is 6.93. The van der Waals surface area contributed by atoms with E-state index >= 15 is 0 Å². The summed E-state index contributed by atoms with van der Waals surface area (Å²) in [4.78, 5) is 0. The zero-order valence-electron chi connectivity index (χ0n) is 15.6. The van der Waals surface area contributed by atoms with Gasteiger partial charge in [-0.2, -0.15) is 0 Å². The predicted octanol–water partition coefficient (Wildman–Crippen LogP) is 5.02. The highest BCUT2D eigenvalue weighted by molar-refractivity contribution is 5.42. The number of rotatable bonds is 7. The first-order valence-electron chi connectivity index (χ1n) is 9.16. The lowest BCUT2D eigenvalue weighted by Crippen LogP contribution is -2.38. The zero-order chi connectivity index (χ0) is 18.4. The summed E-state index contributed by atoms with van der Waals surface area (Å²) in [7, 11) is 0. The second kappa shape index (κ2) is 8.20. The van der Waals surface area contributed by atoms with Gasteiger partial charge in [0.2, 0.25) is 0 Å². The van der Waals surface area contributed by atoms with Crippen molar-refractivity contribution in [3.63, 3.8) is 0 Å². The van der Waals surface area contributed by atoms with Gasteiger partial charge in [0.25, 0.3) is 0 Å². The van der Waals surface area contributed by atoms with Gasteiger partial charge in [0, 0.05) is 12.0 Å². The van der Waals surface area contributed by atoms with Gasteiger partial charge in [-0.1, -0.05) is 77.9 Å². The number of benzene rings is 3. The first-order valence-corrected chi connectivity index (χ1v) is 9.16. The van der Waals surface area contributed by atoms with E-state index in [0.29, 0.717) is 13.2 Å². The summed E-state index contributed by atoms with van der Waals surface area (Å²) in [6.07, 6.45) is 0.824. The first kappa shape index (κ1) is 18.2. The third kappa shape index (κ3) is 3.97. The predicted molar refractivity (Wildman–Crippen MR) is 109 cm³/mol. The van der Waals surface area contributed by atoms with E-state index in [2.05, 4.69) is 62.4 Å². The Morgan fingerprint density at radius 1 is 0.731 bits per heavy atom. The smallest absolute Gasteiger partial charge is 0.119 e. The number of para-hydroxylation sites is 1. The number of hydrogen-bond acceptors (Lipinski definition) is 2. The van der Waals surface area contributed by atoms with E-state index in [1.165, 1.54) is 22.3 Å². The Labute approximate surface area is 156 Å². The maximum atomic E-state index is 6.37. The molecule has 2 nitrogen and oxygen atoms in total. The molecular formula is C24H27NO. The van der Waals surface area contributed by atoms with Gasteiger partial charge in [0.15, 0.2) is 0 Å². The van der Waals surface area contributed by atoms with Gasteiger partial charge in [-0.25, -0.2) is 0 Å². The highest BCUT2D eigenvalue weighted by Gasteiger charge is 2.33. The van der Waals surface area contributed by atoms with Crippen molar-refractivity contribution < 1.29 is 4.74 Å². The lowest BCUT2D eigenvalue weighted by atomic mass is 9.72. The van der Waals surface area contributed by atoms with Gasteiger partial charge in [-0.3, -0.25) is 0 Å². The van der Waals surface area contributed by atoms with E-state index in [0.717, 1.165) is 12.2 Å². The van der Waals surface area contributed by atoms with Gasteiger partial charge >= 0.3 is 0 Å². The third-order valence-electron chi connectivity index (χ3n) is 5.10. The number of aryl methyl sites for hydroxylation is 2. The van der Waals surface area contributed by atoms with Crippen molar-refractivity contribution in [2.75, 3.05) is 13.2 Å². The molecule has 0 aliphatic heterocycles. The molecule has 3 aromatic carbocycles. The van der Waals surface area contributed by atoms with Crippen LogP contribution < -0.4 is 10.5 Å². The van der Waals surface area contributed by atoms with Crippen LogP contribution in [0.5, 0.6) is 5.75 Å². The van der Waals surface area contributed by atoms with Gasteiger partial charge in [0.1, 0.15) is 5.75 Å². The fourth-order valence-electron chi connectivity index (χ4n) is 3.40. The highest BCUT2D eigenvalue weighted by Crippen LogP contribution is 2.35. The van der Waals surface area contributed by atoms with Crippen LogP contribution in [0.3, 0.4) is 0 Å². The Kier molecular flexibility index (Phi) is 5.75. The monoisotopic (exact) mass is 345 g/mol. The molecule has 134 valence electrons. The minimum Gasteiger partial charge on any atom is -0.494 e. The van der Waals surface area contributed by atoms with Gasteiger partial charge in [0.05, 0.1) is 6.61 Å². The average Bonchev–Trinajstić information content (AvgIpc) is 2.68. The summed E-state index contributed by atoms with van der Waals surface area (Å²) in [6, 6.07) is 27.4. The van der Waals surface area contributed by atoms with Crippen LogP contribution in [-0.2, 0) is 5.41 Å². The first-order chi connectivity index (χ1) is 12.6. The molecule has 3 rings (SSSR count). The molecule has 3 aromatic rings. The lowest BCUT2D eigenvalue weighted by molar-refractivity contribution is 0.275. The Balaban J connectivity index is 1.91. The van der Waals surface area contributed by atoms with Crippen molar-refractivity contribution in [2.24, 2.45) is 5.73 Å². The van der Waals surface area contributed by atoms with Crippen molar-refractivity contribution in [1.82, 2.24) is 0 Å². The summed E-state index contributed by atoms with van der Waals surface area (Å²) in [5.41, 5.74) is 11.1. The molecule has 0 amide bonds. The number of nitrogens with two attached hydrogens (primary N) is 1. The van der Waals surface area contributed by atoms with Crippen LogP contribution in [0.4, 0.5) is 0 Å². The van der Waals surface area contributed by atoms with Gasteiger partial charge < -0.3 is 10.5 Å². The topological polar surface area (TPSA) is 35.2 Å². The molecule has 0 fully saturated rings. The molecule has 26 heavy (non-hydrogen) atoms. The summed E-state index contributed by atoms with van der Waals surface area (Å²) in [5.74, 6) is 0.895. The molecular weight excluding hydrogens is 318 g/mol. The summed E-state index contributed by atoms with van der Waals surface area (Å²) in [6.45, 7) is 5.37. The van der Waals surface area contributed by atoms with Crippen LogP contribution in [0.15, 0.2) is 78.9 Å². The maximum absolute atomic E-state index is 6.37. The van der Waals surface area contributed by atoms with Gasteiger partial charge in [-0.15, -0.1) is 0 Å². The molecule has 0 unspecified atom stereocenters. The van der Waals surface area contributed by atoms with Crippen molar-refractivity contribution in [3.8, 4) is 5.75 Å². The quantitative estimate of drug-likeness (QED) is 0.653. The van der Waals surface area contributed by atoms with E-state index in [1.54, 1.807) is 0 Å². The van der Waals surface area contributed by atoms with Crippen LogP contribution in [0.1, 0.15) is 28.7 Å². The molecule has 0 atom stereocenters. The van der Waals surface area contributed by atoms with Crippen LogP contribution in [0, 0.1) is 13.8 Å². The summed E-state index contributed by atoms with van der Waals surface area (Å²) in [5, 5.41) is 0. The highest BCUT2D eigenvalue weighted by atomic mass is 16.5. The van der Waals surface area contributed by atoms with Crippen LogP contribution >= 0.6 is 0 Å². The Hall–Kier alpha value is -2.58. The van der Waals surface area contributed by atoms with Crippen molar-refractivity contribution in [1.29, 1.82) is 0 Å². The SMILES string of the molecule is Cc1ccc(C(CN)(CCOc2ccccc2)c2ccc(C)cc2)cc1. The van der Waals surface area contributed by atoms with E-state index in [-0.39, 0.29) is 5.41 Å². The molecule has 0 aromatic heterocycles. The molecule has 2 heteroatoms. The molecule has 2 N–H and O–H groups in total. The fourth-order valence-corrected chi connectivity index (χ4v) is 3.40. The second-order valence-corrected chi connectivity index (χ2v) is 6.93. The number of ether oxygens (including phenoxy) is 1. The van der Waals surface area contributed by atoms with Crippen molar-refractivity contribution in [2.45, 2.75) is 25.7 Å². The largest absolute Gasteiger partial charge is 0.494 e. The normalized spacial score (nSPS) is 11.3. The van der Waals surface area contributed by atoms with Crippen LogP contribution in [0.2, 0.25) is 0 Å². The van der Waals surface area contributed by atoms with E-state index in [9.17, 15) is 0 Å². The molecule has 0 saturated carbocycles. The van der Waals surface area contributed by atoms with E-state index < -0.39 is 0 Å². The van der Waals surface area contributed by atoms with Crippen LogP contribution in [0.25, 0.3) is 0 Å². The minimum atomic E-state index is -0.254. The van der Waals surface area contributed by atoms with Crippen LogP contribution in [-0.4, -0.2) is 13.2 Å². The average molecular weight is 345 g/mol. The molecule has 0 spiro atoms. The van der Waals surface area contributed by atoms with Gasteiger partial charge in [-0.05, 0) is 43.5 Å². The van der Waals surface area contributed by atoms with Crippen molar-refractivity contribution >= 4 is 0 Å². The maximum Gasteiger partial charge on any atom is 0.119 e. The minimum absolute atomic E-state index is 0.254. The Morgan fingerprint density at radius 3 is 1.69 bits per heavy atom. The molecule has 0 aliphatic carbocycles. The molecule has 0 radical (unpaired) electrons. The fraction of sp³-hybridized carbons (Fsp3) is 0.250. The third-order valence-corrected chi connectivity index (χ3v) is 5.10. The Bertz CT molecular complexity index is 762. The molecule has 0 heterocycles. The van der Waals surface area contributed by atoms with E-state index in [4.69, 9.17) is 10.5 Å². The van der Waals surface area contributed by atoms with E-state index in [1.807, 2.05) is 30.3 Å². The summed E-state index contributed by atoms with van der Waals surface area (Å²) >= 11 is 0. The molecule has 0 bridgehead atoms. The number of hydrogen-bond donors (Lipinski definition) is 1. The lowest BCUT2D eigenvalue weighted by Gasteiger charge is -2.34. The summed E-state index contributed by atoms with van der Waals surface area (Å²) < 4.78 is 6.00. The molecule has 0 aliphatic rings. The zero-order valence-corrected chi connectivity index (χ0v) is 15.6. The Morgan fingerprint density at radius 2 is 1.23 bits per heavy atom. The van der Waals surface area contributed by atoms with Crippen molar-refractivity contribution in [3.05, 3.63) is 101 Å².